The lowest BCUT2D eigenvalue weighted by Gasteiger charge is -2.23. The molecule has 2 rings (SSSR count). The number of benzene rings is 1. The summed E-state index contributed by atoms with van der Waals surface area (Å²) in [6.45, 7) is 1.71. The molecule has 0 saturated carbocycles. The number of nitrogens with one attached hydrogen (secondary N) is 2. The highest BCUT2D eigenvalue weighted by atomic mass is 32.2. The minimum Gasteiger partial charge on any atom is -0.351 e. The largest absolute Gasteiger partial charge is 0.416 e. The van der Waals surface area contributed by atoms with Crippen LogP contribution in [0, 0.1) is 0 Å². The lowest BCUT2D eigenvalue weighted by molar-refractivity contribution is -0.137. The first-order chi connectivity index (χ1) is 9.95. The topological polar surface area (TPSA) is 41.1 Å². The highest BCUT2D eigenvalue weighted by Gasteiger charge is 2.30. The SMILES string of the molecule is O=C(CSc1cccc(C(F)(F)F)c1)NC1CCCNC1. The second kappa shape index (κ2) is 7.17. The summed E-state index contributed by atoms with van der Waals surface area (Å²) >= 11 is 1.11. The first kappa shape index (κ1) is 16.2. The van der Waals surface area contributed by atoms with Crippen LogP contribution in [0.2, 0.25) is 0 Å². The van der Waals surface area contributed by atoms with E-state index >= 15 is 0 Å². The molecule has 1 aliphatic rings. The van der Waals surface area contributed by atoms with Crippen LogP contribution in [0.15, 0.2) is 29.2 Å². The number of carbonyl (C=O) groups is 1. The molecular formula is C14H17F3N2OS. The maximum Gasteiger partial charge on any atom is 0.416 e. The molecule has 0 radical (unpaired) electrons. The monoisotopic (exact) mass is 318 g/mol. The zero-order valence-corrected chi connectivity index (χ0v) is 12.2. The quantitative estimate of drug-likeness (QED) is 0.839. The molecule has 7 heteroatoms. The first-order valence-electron chi connectivity index (χ1n) is 6.75. The van der Waals surface area contributed by atoms with Crippen LogP contribution in [0.4, 0.5) is 13.2 Å². The first-order valence-corrected chi connectivity index (χ1v) is 7.74. The van der Waals surface area contributed by atoms with E-state index in [1.54, 1.807) is 6.07 Å². The molecule has 0 aliphatic carbocycles. The Bertz CT molecular complexity index is 487. The van der Waals surface area contributed by atoms with Gasteiger partial charge in [0.25, 0.3) is 0 Å². The Hall–Kier alpha value is -1.21. The highest BCUT2D eigenvalue weighted by molar-refractivity contribution is 8.00. The van der Waals surface area contributed by atoms with Crippen molar-refractivity contribution in [3.05, 3.63) is 29.8 Å². The van der Waals surface area contributed by atoms with Crippen molar-refractivity contribution in [3.63, 3.8) is 0 Å². The van der Waals surface area contributed by atoms with E-state index in [0.717, 1.165) is 49.8 Å². The molecule has 0 aromatic heterocycles. The molecule has 1 unspecified atom stereocenters. The summed E-state index contributed by atoms with van der Waals surface area (Å²) < 4.78 is 37.7. The predicted octanol–water partition coefficient (Wildman–Crippen LogP) is 2.67. The molecule has 1 amide bonds. The third kappa shape index (κ3) is 5.24. The van der Waals surface area contributed by atoms with Crippen molar-refractivity contribution < 1.29 is 18.0 Å². The second-order valence-electron chi connectivity index (χ2n) is 4.93. The summed E-state index contributed by atoms with van der Waals surface area (Å²) in [5.74, 6) is -0.0243. The number of thioether (sulfide) groups is 1. The van der Waals surface area contributed by atoms with Gasteiger partial charge in [0, 0.05) is 17.5 Å². The highest BCUT2D eigenvalue weighted by Crippen LogP contribution is 2.31. The van der Waals surface area contributed by atoms with Gasteiger partial charge in [-0.3, -0.25) is 4.79 Å². The van der Waals surface area contributed by atoms with Crippen molar-refractivity contribution in [3.8, 4) is 0 Å². The Morgan fingerprint density at radius 3 is 2.90 bits per heavy atom. The summed E-state index contributed by atoms with van der Waals surface area (Å²) in [4.78, 5) is 12.2. The zero-order valence-electron chi connectivity index (χ0n) is 11.4. The van der Waals surface area contributed by atoms with E-state index in [1.807, 2.05) is 0 Å². The van der Waals surface area contributed by atoms with Gasteiger partial charge in [0.15, 0.2) is 0 Å². The average molecular weight is 318 g/mol. The number of rotatable bonds is 4. The van der Waals surface area contributed by atoms with Crippen molar-refractivity contribution in [1.29, 1.82) is 0 Å². The minimum absolute atomic E-state index is 0.119. The van der Waals surface area contributed by atoms with Crippen molar-refractivity contribution in [2.24, 2.45) is 0 Å². The van der Waals surface area contributed by atoms with Crippen molar-refractivity contribution in [2.45, 2.75) is 30.0 Å². The van der Waals surface area contributed by atoms with Gasteiger partial charge in [0.2, 0.25) is 5.91 Å². The molecule has 1 aromatic carbocycles. The van der Waals surface area contributed by atoms with Crippen LogP contribution in [0.25, 0.3) is 0 Å². The van der Waals surface area contributed by atoms with Crippen molar-refractivity contribution in [1.82, 2.24) is 10.6 Å². The van der Waals surface area contributed by atoms with Crippen LogP contribution < -0.4 is 10.6 Å². The Kier molecular flexibility index (Phi) is 5.52. The van der Waals surface area contributed by atoms with Crippen LogP contribution in [0.5, 0.6) is 0 Å². The van der Waals surface area contributed by atoms with E-state index in [9.17, 15) is 18.0 Å². The molecule has 0 spiro atoms. The van der Waals surface area contributed by atoms with Gasteiger partial charge in [0.05, 0.1) is 11.3 Å². The number of amides is 1. The zero-order chi connectivity index (χ0) is 15.3. The molecule has 0 bridgehead atoms. The van der Waals surface area contributed by atoms with Crippen LogP contribution >= 0.6 is 11.8 Å². The van der Waals surface area contributed by atoms with Gasteiger partial charge in [-0.05, 0) is 37.6 Å². The summed E-state index contributed by atoms with van der Waals surface area (Å²) in [6, 6.07) is 5.15. The van der Waals surface area contributed by atoms with Gasteiger partial charge < -0.3 is 10.6 Å². The molecular weight excluding hydrogens is 301 g/mol. The summed E-state index contributed by atoms with van der Waals surface area (Å²) in [7, 11) is 0. The molecule has 3 nitrogen and oxygen atoms in total. The molecule has 1 aromatic rings. The van der Waals surface area contributed by atoms with E-state index in [0.29, 0.717) is 4.90 Å². The van der Waals surface area contributed by atoms with Gasteiger partial charge in [-0.1, -0.05) is 6.07 Å². The third-order valence-corrected chi connectivity index (χ3v) is 4.19. The number of alkyl halides is 3. The Labute approximate surface area is 125 Å². The van der Waals surface area contributed by atoms with E-state index < -0.39 is 11.7 Å². The van der Waals surface area contributed by atoms with Crippen LogP contribution in [-0.2, 0) is 11.0 Å². The number of halogens is 3. The van der Waals surface area contributed by atoms with E-state index in [1.165, 1.54) is 6.07 Å². The number of carbonyl (C=O) groups excluding carboxylic acids is 1. The van der Waals surface area contributed by atoms with Crippen molar-refractivity contribution >= 4 is 17.7 Å². The molecule has 21 heavy (non-hydrogen) atoms. The molecule has 2 N–H and O–H groups in total. The molecule has 1 aliphatic heterocycles. The predicted molar refractivity (Wildman–Crippen MR) is 76.2 cm³/mol. The lowest BCUT2D eigenvalue weighted by Crippen LogP contribution is -2.46. The molecule has 1 fully saturated rings. The molecule has 1 atom stereocenters. The fraction of sp³-hybridized carbons (Fsp3) is 0.500. The Morgan fingerprint density at radius 1 is 1.43 bits per heavy atom. The standard InChI is InChI=1S/C14H17F3N2OS/c15-14(16,17)10-3-1-5-12(7-10)21-9-13(20)19-11-4-2-6-18-8-11/h1,3,5,7,11,18H,2,4,6,8-9H2,(H,19,20). The average Bonchev–Trinajstić information content (AvgIpc) is 2.46. The maximum atomic E-state index is 12.6. The van der Waals surface area contributed by atoms with Crippen LogP contribution in [0.1, 0.15) is 18.4 Å². The minimum atomic E-state index is -4.35. The van der Waals surface area contributed by atoms with E-state index in [2.05, 4.69) is 10.6 Å². The van der Waals surface area contributed by atoms with Crippen LogP contribution in [-0.4, -0.2) is 30.8 Å². The van der Waals surface area contributed by atoms with Crippen molar-refractivity contribution in [2.75, 3.05) is 18.8 Å². The normalized spacial score (nSPS) is 19.3. The lowest BCUT2D eigenvalue weighted by atomic mass is 10.1. The van der Waals surface area contributed by atoms with Crippen LogP contribution in [0.3, 0.4) is 0 Å². The van der Waals surface area contributed by atoms with E-state index in [4.69, 9.17) is 0 Å². The number of hydrogen-bond donors (Lipinski definition) is 2. The molecule has 1 saturated heterocycles. The summed E-state index contributed by atoms with van der Waals surface area (Å²) in [5, 5.41) is 6.08. The number of hydrogen-bond acceptors (Lipinski definition) is 3. The van der Waals surface area contributed by atoms with Gasteiger partial charge in [-0.25, -0.2) is 0 Å². The van der Waals surface area contributed by atoms with Gasteiger partial charge >= 0.3 is 6.18 Å². The smallest absolute Gasteiger partial charge is 0.351 e. The second-order valence-corrected chi connectivity index (χ2v) is 5.97. The van der Waals surface area contributed by atoms with E-state index in [-0.39, 0.29) is 17.7 Å². The summed E-state index contributed by atoms with van der Waals surface area (Å²) in [5.41, 5.74) is -0.690. The number of piperidine rings is 1. The third-order valence-electron chi connectivity index (χ3n) is 3.19. The van der Waals surface area contributed by atoms with Gasteiger partial charge in [-0.2, -0.15) is 13.2 Å². The van der Waals surface area contributed by atoms with Gasteiger partial charge in [0.1, 0.15) is 0 Å². The fourth-order valence-electron chi connectivity index (χ4n) is 2.16. The Morgan fingerprint density at radius 2 is 2.24 bits per heavy atom. The molecule has 1 heterocycles. The van der Waals surface area contributed by atoms with Gasteiger partial charge in [-0.15, -0.1) is 11.8 Å². The molecule has 116 valence electrons. The summed E-state index contributed by atoms with van der Waals surface area (Å²) in [6.07, 6.45) is -2.40. The fourth-order valence-corrected chi connectivity index (χ4v) is 2.92. The Balaban J connectivity index is 1.83. The maximum absolute atomic E-state index is 12.6.